The van der Waals surface area contributed by atoms with Gasteiger partial charge in [0.15, 0.2) is 11.4 Å². The third-order valence-corrected chi connectivity index (χ3v) is 6.55. The molecule has 1 fully saturated rings. The van der Waals surface area contributed by atoms with Crippen molar-refractivity contribution in [2.75, 3.05) is 24.1 Å². The highest BCUT2D eigenvalue weighted by molar-refractivity contribution is 6.32. The van der Waals surface area contributed by atoms with Gasteiger partial charge in [-0.1, -0.05) is 35.3 Å². The molecule has 0 unspecified atom stereocenters. The van der Waals surface area contributed by atoms with E-state index in [1.165, 1.54) is 27.9 Å². The number of fused-ring (bicyclic) bond motifs is 2. The lowest BCUT2D eigenvalue weighted by Crippen LogP contribution is -2.53. The third kappa shape index (κ3) is 3.48. The number of piperidine rings is 1. The van der Waals surface area contributed by atoms with E-state index in [1.54, 1.807) is 24.3 Å². The number of para-hydroxylation sites is 1. The average molecular weight is 490 g/mol. The van der Waals surface area contributed by atoms with Crippen LogP contribution < -0.4 is 11.1 Å². The Morgan fingerprint density at radius 2 is 2.00 bits per heavy atom. The molecule has 2 amide bonds. The lowest BCUT2D eigenvalue weighted by molar-refractivity contribution is -0.0418. The van der Waals surface area contributed by atoms with Gasteiger partial charge in [-0.25, -0.2) is 13.9 Å². The molecule has 11 heteroatoms. The first-order valence-electron chi connectivity index (χ1n) is 10.2. The molecule has 0 aliphatic carbocycles. The van der Waals surface area contributed by atoms with Crippen LogP contribution in [0.25, 0.3) is 5.69 Å². The summed E-state index contributed by atoms with van der Waals surface area (Å²) in [5.74, 6) is -0.984. The minimum Gasteiger partial charge on any atom is -0.436 e. The first-order valence-corrected chi connectivity index (χ1v) is 10.9. The maximum Gasteiger partial charge on any atom is 0.412 e. The highest BCUT2D eigenvalue weighted by atomic mass is 35.5. The van der Waals surface area contributed by atoms with E-state index in [2.05, 4.69) is 10.4 Å². The summed E-state index contributed by atoms with van der Waals surface area (Å²) in [7, 11) is 0. The van der Waals surface area contributed by atoms with Gasteiger partial charge in [-0.2, -0.15) is 5.10 Å². The fourth-order valence-corrected chi connectivity index (χ4v) is 4.83. The quantitative estimate of drug-likeness (QED) is 0.547. The predicted octanol–water partition coefficient (Wildman–Crippen LogP) is 4.59. The number of nitrogens with one attached hydrogen (secondary N) is 1. The van der Waals surface area contributed by atoms with E-state index in [1.807, 2.05) is 0 Å². The standard InChI is InChI=1S/C22H18Cl2FN5O3/c23-13-4-1-2-5-16(13)30-19(26)12(10-27-30)20(31)29-9-3-8-22(11-29)17-15(28-21(32)33-22)7-6-14(24)18(17)25/h1-2,4-7,10H,3,8-9,11,26H2,(H,28,32)/t22-/m0/s1. The van der Waals surface area contributed by atoms with E-state index >= 15 is 4.39 Å². The summed E-state index contributed by atoms with van der Waals surface area (Å²) in [6, 6.07) is 9.86. The maximum atomic E-state index is 15.1. The van der Waals surface area contributed by atoms with Crippen LogP contribution in [0.3, 0.4) is 0 Å². The van der Waals surface area contributed by atoms with Crippen molar-refractivity contribution in [3.8, 4) is 5.69 Å². The lowest BCUT2D eigenvalue weighted by atomic mass is 9.83. The molecular weight excluding hydrogens is 472 g/mol. The highest BCUT2D eigenvalue weighted by Gasteiger charge is 2.48. The zero-order valence-electron chi connectivity index (χ0n) is 17.1. The van der Waals surface area contributed by atoms with Crippen LogP contribution in [0.15, 0.2) is 42.6 Å². The second-order valence-electron chi connectivity index (χ2n) is 7.93. The first-order chi connectivity index (χ1) is 15.8. The van der Waals surface area contributed by atoms with E-state index < -0.39 is 23.4 Å². The Hall–Kier alpha value is -3.30. The Kier molecular flexibility index (Phi) is 5.18. The van der Waals surface area contributed by atoms with Crippen molar-refractivity contribution in [1.82, 2.24) is 14.7 Å². The number of rotatable bonds is 2. The second kappa shape index (κ2) is 7.93. The van der Waals surface area contributed by atoms with Gasteiger partial charge < -0.3 is 15.4 Å². The van der Waals surface area contributed by atoms with Gasteiger partial charge in [0.2, 0.25) is 0 Å². The van der Waals surface area contributed by atoms with Crippen LogP contribution in [0.1, 0.15) is 28.8 Å². The number of hydrogen-bond donors (Lipinski definition) is 2. The van der Waals surface area contributed by atoms with Gasteiger partial charge in [0.05, 0.1) is 39.7 Å². The summed E-state index contributed by atoms with van der Waals surface area (Å²) in [6.07, 6.45) is 1.46. The number of halogens is 3. The van der Waals surface area contributed by atoms with Gasteiger partial charge in [0.25, 0.3) is 5.91 Å². The number of carbonyl (C=O) groups excluding carboxylic acids is 2. The summed E-state index contributed by atoms with van der Waals surface area (Å²) in [4.78, 5) is 27.1. The van der Waals surface area contributed by atoms with Crippen molar-refractivity contribution in [3.63, 3.8) is 0 Å². The van der Waals surface area contributed by atoms with E-state index in [0.717, 1.165) is 0 Å². The topological polar surface area (TPSA) is 102 Å². The van der Waals surface area contributed by atoms with Crippen molar-refractivity contribution in [3.05, 3.63) is 69.6 Å². The Balaban J connectivity index is 1.50. The largest absolute Gasteiger partial charge is 0.436 e. The van der Waals surface area contributed by atoms with Crippen molar-refractivity contribution in [2.45, 2.75) is 18.4 Å². The van der Waals surface area contributed by atoms with Gasteiger partial charge in [-0.05, 0) is 37.1 Å². The third-order valence-electron chi connectivity index (χ3n) is 5.93. The number of anilines is 2. The average Bonchev–Trinajstić information content (AvgIpc) is 3.17. The molecule has 5 rings (SSSR count). The van der Waals surface area contributed by atoms with Crippen LogP contribution in [0.2, 0.25) is 10.0 Å². The molecule has 1 atom stereocenters. The predicted molar refractivity (Wildman–Crippen MR) is 121 cm³/mol. The number of carbonyl (C=O) groups is 2. The highest BCUT2D eigenvalue weighted by Crippen LogP contribution is 2.45. The number of ether oxygens (including phenoxy) is 1. The number of nitrogens with zero attached hydrogens (tertiary/aromatic N) is 3. The smallest absolute Gasteiger partial charge is 0.412 e. The van der Waals surface area contributed by atoms with E-state index in [-0.39, 0.29) is 34.2 Å². The Labute approximate surface area is 198 Å². The number of benzene rings is 2. The van der Waals surface area contributed by atoms with Gasteiger partial charge >= 0.3 is 6.09 Å². The zero-order valence-corrected chi connectivity index (χ0v) is 18.7. The monoisotopic (exact) mass is 489 g/mol. The number of nitrogens with two attached hydrogens (primary N) is 1. The number of nitrogen functional groups attached to an aromatic ring is 1. The van der Waals surface area contributed by atoms with Crippen LogP contribution in [-0.2, 0) is 10.3 Å². The van der Waals surface area contributed by atoms with Crippen molar-refractivity contribution in [2.24, 2.45) is 0 Å². The van der Waals surface area contributed by atoms with E-state index in [9.17, 15) is 9.59 Å². The van der Waals surface area contributed by atoms with Crippen molar-refractivity contribution in [1.29, 1.82) is 0 Å². The summed E-state index contributed by atoms with van der Waals surface area (Å²) < 4.78 is 22.1. The summed E-state index contributed by atoms with van der Waals surface area (Å²) in [5, 5.41) is 7.06. The molecule has 1 aromatic heterocycles. The van der Waals surface area contributed by atoms with Crippen LogP contribution in [0.4, 0.5) is 20.7 Å². The Morgan fingerprint density at radius 3 is 2.79 bits per heavy atom. The Morgan fingerprint density at radius 1 is 1.21 bits per heavy atom. The molecule has 0 bridgehead atoms. The van der Waals surface area contributed by atoms with E-state index in [4.69, 9.17) is 33.7 Å². The molecule has 0 saturated carbocycles. The molecule has 2 aromatic carbocycles. The van der Waals surface area contributed by atoms with Gasteiger partial charge in [-0.15, -0.1) is 0 Å². The number of aromatic nitrogens is 2. The minimum atomic E-state index is -1.37. The van der Waals surface area contributed by atoms with E-state index in [0.29, 0.717) is 30.1 Å². The molecule has 3 heterocycles. The second-order valence-corrected chi connectivity index (χ2v) is 8.74. The number of likely N-dealkylation sites (tertiary alicyclic amines) is 1. The molecule has 1 spiro atoms. The molecule has 33 heavy (non-hydrogen) atoms. The molecule has 0 radical (unpaired) electrons. The SMILES string of the molecule is Nc1c(C(=O)N2CCC[C@@]3(C2)OC(=O)Nc2ccc(Cl)c(F)c23)cnn1-c1ccccc1Cl. The van der Waals surface area contributed by atoms with Crippen molar-refractivity contribution < 1.29 is 18.7 Å². The fraction of sp³-hybridized carbons (Fsp3) is 0.227. The normalized spacial score (nSPS) is 19.7. The molecule has 2 aliphatic heterocycles. The molecular formula is C22H18Cl2FN5O3. The first kappa shape index (κ1) is 21.5. The molecule has 3 aromatic rings. The van der Waals surface area contributed by atoms with Gasteiger partial charge in [0, 0.05) is 6.54 Å². The van der Waals surface area contributed by atoms with Gasteiger partial charge in [0.1, 0.15) is 11.4 Å². The fourth-order valence-electron chi connectivity index (χ4n) is 4.46. The Bertz CT molecular complexity index is 1300. The van der Waals surface area contributed by atoms with Crippen molar-refractivity contribution >= 4 is 46.7 Å². The van der Waals surface area contributed by atoms with Crippen LogP contribution in [0.5, 0.6) is 0 Å². The summed E-state index contributed by atoms with van der Waals surface area (Å²) in [5.41, 5.74) is 5.98. The number of amides is 2. The van der Waals surface area contributed by atoms with Crippen LogP contribution in [0, 0.1) is 5.82 Å². The summed E-state index contributed by atoms with van der Waals surface area (Å²) >= 11 is 12.3. The number of hydrogen-bond acceptors (Lipinski definition) is 5. The van der Waals surface area contributed by atoms with Crippen LogP contribution in [-0.4, -0.2) is 39.8 Å². The van der Waals surface area contributed by atoms with Gasteiger partial charge in [-0.3, -0.25) is 10.1 Å². The lowest BCUT2D eigenvalue weighted by Gasteiger charge is -2.45. The minimum absolute atomic E-state index is 0.0553. The van der Waals surface area contributed by atoms with Crippen LogP contribution >= 0.6 is 23.2 Å². The maximum absolute atomic E-state index is 15.1. The molecule has 8 nitrogen and oxygen atoms in total. The molecule has 3 N–H and O–H groups in total. The zero-order chi connectivity index (χ0) is 23.3. The summed E-state index contributed by atoms with van der Waals surface area (Å²) in [6.45, 7) is 0.319. The molecule has 1 saturated heterocycles. The molecule has 2 aliphatic rings. The molecule has 170 valence electrons.